The lowest BCUT2D eigenvalue weighted by atomic mass is 10.1. The number of aromatic amines is 1. The fourth-order valence-corrected chi connectivity index (χ4v) is 2.42. The summed E-state index contributed by atoms with van der Waals surface area (Å²) in [6.07, 6.45) is 2.44. The molecule has 3 aromatic rings. The van der Waals surface area contributed by atoms with E-state index >= 15 is 0 Å². The summed E-state index contributed by atoms with van der Waals surface area (Å²) in [4.78, 5) is 15.3. The van der Waals surface area contributed by atoms with Crippen LogP contribution in [0.1, 0.15) is 28.7 Å². The average Bonchev–Trinajstić information content (AvgIpc) is 3.04. The van der Waals surface area contributed by atoms with E-state index in [-0.39, 0.29) is 5.78 Å². The summed E-state index contributed by atoms with van der Waals surface area (Å²) in [5.41, 5.74) is 2.12. The lowest BCUT2D eigenvalue weighted by Gasteiger charge is -1.98. The molecule has 0 atom stereocenters. The maximum Gasteiger partial charge on any atom is 0.244 e. The number of H-pyrrole nitrogens is 1. The molecular formula is C15H12ClNO2. The van der Waals surface area contributed by atoms with Crippen LogP contribution in [0.4, 0.5) is 0 Å². The molecule has 0 unspecified atom stereocenters. The van der Waals surface area contributed by atoms with Crippen LogP contribution in [0, 0.1) is 0 Å². The first-order valence-electron chi connectivity index (χ1n) is 6.09. The van der Waals surface area contributed by atoms with Crippen LogP contribution >= 0.6 is 11.6 Å². The summed E-state index contributed by atoms with van der Waals surface area (Å²) in [5.74, 6) is 0.261. The smallest absolute Gasteiger partial charge is 0.244 e. The summed E-state index contributed by atoms with van der Waals surface area (Å²) >= 11 is 6.00. The van der Waals surface area contributed by atoms with Crippen molar-refractivity contribution in [1.82, 2.24) is 4.98 Å². The number of fused-ring (bicyclic) bond motifs is 1. The van der Waals surface area contributed by atoms with E-state index in [2.05, 4.69) is 4.98 Å². The number of halogens is 1. The standard InChI is InChI=1S/C15H12ClNO2/c1-2-10-11-8-9(16)5-6-13(11)19-15(10)14(18)12-4-3-7-17-12/h3-8,17H,2H2,1H3. The minimum absolute atomic E-state index is 0.130. The predicted octanol–water partition coefficient (Wildman–Crippen LogP) is 4.21. The van der Waals surface area contributed by atoms with E-state index in [9.17, 15) is 4.79 Å². The Kier molecular flexibility index (Phi) is 2.91. The molecule has 0 fully saturated rings. The minimum Gasteiger partial charge on any atom is -0.452 e. The SMILES string of the molecule is CCc1c(C(=O)c2ccc[nH]2)oc2ccc(Cl)cc12. The fraction of sp³-hybridized carbons (Fsp3) is 0.133. The van der Waals surface area contributed by atoms with Crippen LogP contribution in [0.15, 0.2) is 40.9 Å². The molecule has 19 heavy (non-hydrogen) atoms. The molecule has 0 spiro atoms. The first-order valence-corrected chi connectivity index (χ1v) is 6.47. The van der Waals surface area contributed by atoms with Gasteiger partial charge in [0.15, 0.2) is 5.76 Å². The predicted molar refractivity (Wildman–Crippen MR) is 74.8 cm³/mol. The zero-order chi connectivity index (χ0) is 13.4. The highest BCUT2D eigenvalue weighted by molar-refractivity contribution is 6.31. The Balaban J connectivity index is 2.21. The number of aromatic nitrogens is 1. The molecule has 0 saturated carbocycles. The Hall–Kier alpha value is -2.00. The van der Waals surface area contributed by atoms with Gasteiger partial charge in [-0.1, -0.05) is 18.5 Å². The highest BCUT2D eigenvalue weighted by Crippen LogP contribution is 2.30. The molecule has 3 nitrogen and oxygen atoms in total. The van der Waals surface area contributed by atoms with Gasteiger partial charge in [-0.25, -0.2) is 0 Å². The van der Waals surface area contributed by atoms with Crippen molar-refractivity contribution in [2.45, 2.75) is 13.3 Å². The van der Waals surface area contributed by atoms with E-state index < -0.39 is 0 Å². The van der Waals surface area contributed by atoms with E-state index in [0.29, 0.717) is 22.1 Å². The molecule has 1 aromatic carbocycles. The van der Waals surface area contributed by atoms with Gasteiger partial charge in [-0.3, -0.25) is 4.79 Å². The summed E-state index contributed by atoms with van der Waals surface area (Å²) in [6, 6.07) is 8.92. The number of furan rings is 1. The topological polar surface area (TPSA) is 46.0 Å². The Morgan fingerprint density at radius 1 is 1.37 bits per heavy atom. The van der Waals surface area contributed by atoms with Crippen LogP contribution in [0.3, 0.4) is 0 Å². The van der Waals surface area contributed by atoms with Crippen LogP contribution in [-0.2, 0) is 6.42 Å². The molecule has 0 amide bonds. The van der Waals surface area contributed by atoms with Crippen molar-refractivity contribution < 1.29 is 9.21 Å². The van der Waals surface area contributed by atoms with Crippen molar-refractivity contribution in [3.05, 3.63) is 58.6 Å². The molecule has 2 heterocycles. The van der Waals surface area contributed by atoms with Gasteiger partial charge in [0, 0.05) is 22.2 Å². The molecule has 1 N–H and O–H groups in total. The number of rotatable bonds is 3. The van der Waals surface area contributed by atoms with Crippen molar-refractivity contribution in [3.63, 3.8) is 0 Å². The highest BCUT2D eigenvalue weighted by atomic mass is 35.5. The highest BCUT2D eigenvalue weighted by Gasteiger charge is 2.21. The second-order valence-corrected chi connectivity index (χ2v) is 4.75. The monoisotopic (exact) mass is 273 g/mol. The van der Waals surface area contributed by atoms with Crippen LogP contribution in [0.25, 0.3) is 11.0 Å². The van der Waals surface area contributed by atoms with E-state index in [1.165, 1.54) is 0 Å². The zero-order valence-electron chi connectivity index (χ0n) is 10.4. The van der Waals surface area contributed by atoms with E-state index in [4.69, 9.17) is 16.0 Å². The molecule has 0 aliphatic carbocycles. The van der Waals surface area contributed by atoms with E-state index in [1.54, 1.807) is 30.5 Å². The number of ketones is 1. The summed E-state index contributed by atoms with van der Waals surface area (Å²) < 4.78 is 5.70. The molecule has 0 bridgehead atoms. The number of nitrogens with one attached hydrogen (secondary N) is 1. The fourth-order valence-electron chi connectivity index (χ4n) is 2.25. The van der Waals surface area contributed by atoms with Gasteiger partial charge in [-0.2, -0.15) is 0 Å². The molecule has 0 aliphatic rings. The molecule has 0 saturated heterocycles. The number of hydrogen-bond donors (Lipinski definition) is 1. The third-order valence-electron chi connectivity index (χ3n) is 3.16. The van der Waals surface area contributed by atoms with Crippen LogP contribution < -0.4 is 0 Å². The third kappa shape index (κ3) is 1.96. The van der Waals surface area contributed by atoms with Gasteiger partial charge in [-0.15, -0.1) is 0 Å². The van der Waals surface area contributed by atoms with Crippen molar-refractivity contribution in [3.8, 4) is 0 Å². The number of benzene rings is 1. The molecule has 0 aliphatic heterocycles. The normalized spacial score (nSPS) is 11.1. The Morgan fingerprint density at radius 3 is 2.89 bits per heavy atom. The number of carbonyl (C=O) groups excluding carboxylic acids is 1. The van der Waals surface area contributed by atoms with Gasteiger partial charge >= 0.3 is 0 Å². The number of carbonyl (C=O) groups is 1. The third-order valence-corrected chi connectivity index (χ3v) is 3.39. The molecule has 3 rings (SSSR count). The van der Waals surface area contributed by atoms with Crippen molar-refractivity contribution >= 4 is 28.4 Å². The second kappa shape index (κ2) is 4.59. The Morgan fingerprint density at radius 2 is 2.21 bits per heavy atom. The van der Waals surface area contributed by atoms with Gasteiger partial charge in [0.1, 0.15) is 5.58 Å². The van der Waals surface area contributed by atoms with Crippen LogP contribution in [0.5, 0.6) is 0 Å². The van der Waals surface area contributed by atoms with Crippen molar-refractivity contribution in [1.29, 1.82) is 0 Å². The van der Waals surface area contributed by atoms with E-state index in [1.807, 2.05) is 13.0 Å². The van der Waals surface area contributed by atoms with Gasteiger partial charge < -0.3 is 9.40 Å². The lowest BCUT2D eigenvalue weighted by molar-refractivity contribution is 0.101. The molecular weight excluding hydrogens is 262 g/mol. The molecule has 4 heteroatoms. The maximum absolute atomic E-state index is 12.4. The van der Waals surface area contributed by atoms with Gasteiger partial charge in [-0.05, 0) is 36.8 Å². The Labute approximate surface area is 115 Å². The van der Waals surface area contributed by atoms with E-state index in [0.717, 1.165) is 17.4 Å². The van der Waals surface area contributed by atoms with Gasteiger partial charge in [0.05, 0.1) is 5.69 Å². The van der Waals surface area contributed by atoms with Gasteiger partial charge in [0.2, 0.25) is 5.78 Å². The number of aryl methyl sites for hydroxylation is 1. The largest absolute Gasteiger partial charge is 0.452 e. The van der Waals surface area contributed by atoms with Crippen LogP contribution in [-0.4, -0.2) is 10.8 Å². The maximum atomic E-state index is 12.4. The average molecular weight is 274 g/mol. The molecule has 0 radical (unpaired) electrons. The molecule has 2 aromatic heterocycles. The lowest BCUT2D eigenvalue weighted by Crippen LogP contribution is -2.02. The molecule has 96 valence electrons. The second-order valence-electron chi connectivity index (χ2n) is 4.32. The first kappa shape index (κ1) is 12.1. The zero-order valence-corrected chi connectivity index (χ0v) is 11.1. The quantitative estimate of drug-likeness (QED) is 0.727. The number of hydrogen-bond acceptors (Lipinski definition) is 2. The first-order chi connectivity index (χ1) is 9.20. The summed E-state index contributed by atoms with van der Waals surface area (Å²) in [7, 11) is 0. The summed E-state index contributed by atoms with van der Waals surface area (Å²) in [6.45, 7) is 2.00. The van der Waals surface area contributed by atoms with Crippen molar-refractivity contribution in [2.75, 3.05) is 0 Å². The minimum atomic E-state index is -0.130. The van der Waals surface area contributed by atoms with Gasteiger partial charge in [0.25, 0.3) is 0 Å². The Bertz CT molecular complexity index is 741. The summed E-state index contributed by atoms with van der Waals surface area (Å²) in [5, 5.41) is 1.55. The van der Waals surface area contributed by atoms with Crippen LogP contribution in [0.2, 0.25) is 5.02 Å². The van der Waals surface area contributed by atoms with Crippen molar-refractivity contribution in [2.24, 2.45) is 0 Å².